The van der Waals surface area contributed by atoms with Crippen molar-refractivity contribution in [2.45, 2.75) is 32.9 Å². The topological polar surface area (TPSA) is 44.8 Å². The summed E-state index contributed by atoms with van der Waals surface area (Å²) >= 11 is 0. The van der Waals surface area contributed by atoms with Crippen LogP contribution in [0.2, 0.25) is 0 Å². The fraction of sp³-hybridized carbons (Fsp3) is 0.650. The monoisotopic (exact) mass is 343 g/mol. The minimum Gasteiger partial charge on any atom is -0.444 e. The highest BCUT2D eigenvalue weighted by molar-refractivity contribution is 5.69. The van der Waals surface area contributed by atoms with Crippen LogP contribution in [0.5, 0.6) is 0 Å². The Balaban J connectivity index is 1.48. The van der Waals surface area contributed by atoms with Gasteiger partial charge in [0.05, 0.1) is 0 Å². The Labute approximate surface area is 150 Å². The second-order valence-electron chi connectivity index (χ2n) is 9.13. The summed E-state index contributed by atoms with van der Waals surface area (Å²) in [5.74, 6) is 0. The van der Waals surface area contributed by atoms with Gasteiger partial charge in [-0.3, -0.25) is 4.90 Å². The summed E-state index contributed by atoms with van der Waals surface area (Å²) in [6, 6.07) is 10.7. The van der Waals surface area contributed by atoms with Crippen molar-refractivity contribution in [1.29, 1.82) is 0 Å². The minimum atomic E-state index is -0.434. The molecule has 0 radical (unpaired) electrons. The van der Waals surface area contributed by atoms with Crippen LogP contribution < -0.4 is 5.32 Å². The Morgan fingerprint density at radius 2 is 1.68 bits per heavy atom. The lowest BCUT2D eigenvalue weighted by atomic mass is 9.71. The zero-order valence-electron chi connectivity index (χ0n) is 15.5. The highest BCUT2D eigenvalue weighted by Gasteiger charge is 2.66. The van der Waals surface area contributed by atoms with E-state index in [0.29, 0.717) is 0 Å². The Morgan fingerprint density at radius 1 is 1.08 bits per heavy atom. The molecule has 0 aliphatic carbocycles. The first-order valence-corrected chi connectivity index (χ1v) is 9.26. The zero-order valence-corrected chi connectivity index (χ0v) is 15.5. The molecule has 0 bridgehead atoms. The maximum Gasteiger partial charge on any atom is 0.410 e. The maximum atomic E-state index is 12.6. The second kappa shape index (κ2) is 5.71. The van der Waals surface area contributed by atoms with Gasteiger partial charge in [0, 0.05) is 56.6 Å². The number of carbonyl (C=O) groups excluding carboxylic acids is 1. The molecule has 5 heteroatoms. The number of likely N-dealkylation sites (tertiary alicyclic amines) is 2. The van der Waals surface area contributed by atoms with E-state index in [1.165, 1.54) is 5.56 Å². The first-order chi connectivity index (χ1) is 11.8. The van der Waals surface area contributed by atoms with Gasteiger partial charge in [0.25, 0.3) is 0 Å². The van der Waals surface area contributed by atoms with Crippen LogP contribution in [0.4, 0.5) is 4.79 Å². The van der Waals surface area contributed by atoms with Crippen LogP contribution in [-0.4, -0.2) is 60.8 Å². The summed E-state index contributed by atoms with van der Waals surface area (Å²) < 4.78 is 5.62. The van der Waals surface area contributed by atoms with Gasteiger partial charge < -0.3 is 15.0 Å². The average Bonchev–Trinajstić information content (AvgIpc) is 3.05. The minimum absolute atomic E-state index is 0.155. The fourth-order valence-electron chi connectivity index (χ4n) is 5.02. The van der Waals surface area contributed by atoms with Crippen molar-refractivity contribution < 1.29 is 9.53 Å². The third-order valence-electron chi connectivity index (χ3n) is 5.99. The number of benzene rings is 1. The lowest BCUT2D eigenvalue weighted by molar-refractivity contribution is 0.0247. The van der Waals surface area contributed by atoms with Crippen molar-refractivity contribution in [2.75, 3.05) is 39.3 Å². The summed E-state index contributed by atoms with van der Waals surface area (Å²) in [6.07, 6.45) is -0.155. The van der Waals surface area contributed by atoms with Gasteiger partial charge in [-0.2, -0.15) is 0 Å². The first-order valence-electron chi connectivity index (χ1n) is 9.26. The number of nitrogens with one attached hydrogen (secondary N) is 1. The molecule has 25 heavy (non-hydrogen) atoms. The lowest BCUT2D eigenvalue weighted by Crippen LogP contribution is -2.42. The van der Waals surface area contributed by atoms with E-state index >= 15 is 0 Å². The summed E-state index contributed by atoms with van der Waals surface area (Å²) in [7, 11) is 0. The number of hydrogen-bond donors (Lipinski definition) is 1. The van der Waals surface area contributed by atoms with E-state index in [1.807, 2.05) is 25.7 Å². The number of nitrogens with zero attached hydrogens (tertiary/aromatic N) is 2. The van der Waals surface area contributed by atoms with Gasteiger partial charge in [-0.25, -0.2) is 4.79 Å². The SMILES string of the molecule is CC(C)(C)OC(=O)N1C[C@]23CNC[C@@]2(CN(Cc2ccccc2)C3)C1. The van der Waals surface area contributed by atoms with Crippen LogP contribution in [0.15, 0.2) is 30.3 Å². The molecule has 1 aromatic rings. The number of ether oxygens (including phenoxy) is 1. The van der Waals surface area contributed by atoms with E-state index in [-0.39, 0.29) is 16.9 Å². The van der Waals surface area contributed by atoms with Crippen LogP contribution in [0.3, 0.4) is 0 Å². The molecule has 0 saturated carbocycles. The van der Waals surface area contributed by atoms with E-state index in [9.17, 15) is 4.79 Å². The van der Waals surface area contributed by atoms with Crippen LogP contribution in [-0.2, 0) is 11.3 Å². The van der Waals surface area contributed by atoms with Crippen molar-refractivity contribution >= 4 is 6.09 Å². The normalized spacial score (nSPS) is 31.9. The van der Waals surface area contributed by atoms with Crippen LogP contribution in [0.1, 0.15) is 26.3 Å². The molecular weight excluding hydrogens is 314 g/mol. The number of rotatable bonds is 2. The van der Waals surface area contributed by atoms with Crippen LogP contribution in [0.25, 0.3) is 0 Å². The Morgan fingerprint density at radius 3 is 2.24 bits per heavy atom. The summed E-state index contributed by atoms with van der Waals surface area (Å²) in [4.78, 5) is 17.1. The number of amides is 1. The van der Waals surface area contributed by atoms with E-state index < -0.39 is 5.60 Å². The van der Waals surface area contributed by atoms with Crippen LogP contribution in [0, 0.1) is 10.8 Å². The number of hydrogen-bond acceptors (Lipinski definition) is 4. The largest absolute Gasteiger partial charge is 0.444 e. The Hall–Kier alpha value is -1.59. The summed E-state index contributed by atoms with van der Waals surface area (Å²) in [6.45, 7) is 12.5. The highest BCUT2D eigenvalue weighted by Crippen LogP contribution is 2.54. The van der Waals surface area contributed by atoms with Gasteiger partial charge in [0.15, 0.2) is 0 Å². The van der Waals surface area contributed by atoms with Crippen molar-refractivity contribution in [3.63, 3.8) is 0 Å². The van der Waals surface area contributed by atoms with E-state index in [0.717, 1.165) is 45.8 Å². The molecule has 1 N–H and O–H groups in total. The predicted octanol–water partition coefficient (Wildman–Crippen LogP) is 2.33. The molecule has 3 aliphatic heterocycles. The zero-order chi connectivity index (χ0) is 17.7. The van der Waals surface area contributed by atoms with Crippen molar-refractivity contribution in [3.8, 4) is 0 Å². The fourth-order valence-corrected chi connectivity index (χ4v) is 5.02. The smallest absolute Gasteiger partial charge is 0.410 e. The maximum absolute atomic E-state index is 12.6. The lowest BCUT2D eigenvalue weighted by Gasteiger charge is -2.29. The molecule has 0 aromatic heterocycles. The number of carbonyl (C=O) groups is 1. The molecule has 136 valence electrons. The molecule has 2 atom stereocenters. The molecule has 3 aliphatic rings. The van der Waals surface area contributed by atoms with Gasteiger partial charge in [0.2, 0.25) is 0 Å². The average molecular weight is 343 g/mol. The molecule has 1 amide bonds. The Bertz CT molecular complexity index is 635. The quantitative estimate of drug-likeness (QED) is 0.895. The van der Waals surface area contributed by atoms with Crippen molar-refractivity contribution in [1.82, 2.24) is 15.1 Å². The van der Waals surface area contributed by atoms with Gasteiger partial charge in [-0.1, -0.05) is 30.3 Å². The molecule has 1 aromatic carbocycles. The standard InChI is InChI=1S/C20H29N3O2/c1-18(2,3)25-17(24)23-14-19-10-21-11-20(19,15-23)13-22(12-19)9-16-7-5-4-6-8-16/h4-8,21H,9-15H2,1-3H3/t19-,20-/m1/s1. The molecule has 3 saturated heterocycles. The van der Waals surface area contributed by atoms with Crippen molar-refractivity contribution in [2.24, 2.45) is 10.8 Å². The molecule has 0 spiro atoms. The van der Waals surface area contributed by atoms with E-state index in [4.69, 9.17) is 4.74 Å². The molecule has 5 nitrogen and oxygen atoms in total. The molecule has 3 heterocycles. The molecule has 4 rings (SSSR count). The van der Waals surface area contributed by atoms with Crippen LogP contribution >= 0.6 is 0 Å². The van der Waals surface area contributed by atoms with Crippen molar-refractivity contribution in [3.05, 3.63) is 35.9 Å². The summed E-state index contributed by atoms with van der Waals surface area (Å²) in [5.41, 5.74) is 1.26. The first kappa shape index (κ1) is 16.9. The second-order valence-corrected chi connectivity index (χ2v) is 9.13. The summed E-state index contributed by atoms with van der Waals surface area (Å²) in [5, 5.41) is 3.59. The Kier molecular flexibility index (Phi) is 3.85. The highest BCUT2D eigenvalue weighted by atomic mass is 16.6. The van der Waals surface area contributed by atoms with Gasteiger partial charge in [0.1, 0.15) is 5.60 Å². The predicted molar refractivity (Wildman–Crippen MR) is 97.3 cm³/mol. The van der Waals surface area contributed by atoms with Gasteiger partial charge in [-0.05, 0) is 26.3 Å². The third-order valence-corrected chi connectivity index (χ3v) is 5.99. The molecule has 3 fully saturated rings. The van der Waals surface area contributed by atoms with Gasteiger partial charge in [-0.15, -0.1) is 0 Å². The third kappa shape index (κ3) is 2.93. The molecule has 0 unspecified atom stereocenters. The van der Waals surface area contributed by atoms with E-state index in [1.54, 1.807) is 0 Å². The van der Waals surface area contributed by atoms with E-state index in [2.05, 4.69) is 40.5 Å². The van der Waals surface area contributed by atoms with Gasteiger partial charge >= 0.3 is 6.09 Å². The molecular formula is C20H29N3O2.